The Morgan fingerprint density at radius 2 is 1.88 bits per heavy atom. The minimum absolute atomic E-state index is 0.0961. The van der Waals surface area contributed by atoms with Gasteiger partial charge in [-0.15, -0.1) is 0 Å². The fraction of sp³-hybridized carbons (Fsp3) is 0.700. The van der Waals surface area contributed by atoms with Crippen LogP contribution in [-0.2, 0) is 4.74 Å². The quantitative estimate of drug-likeness (QED) is 0.900. The molecule has 5 nitrogen and oxygen atoms in total. The van der Waals surface area contributed by atoms with E-state index >= 15 is 0 Å². The van der Waals surface area contributed by atoms with Crippen LogP contribution in [-0.4, -0.2) is 33.2 Å². The molecule has 0 amide bonds. The molecule has 2 rings (SSSR count). The van der Waals surface area contributed by atoms with Crippen LogP contribution in [0.5, 0.6) is 0 Å². The second kappa shape index (κ2) is 4.92. The summed E-state index contributed by atoms with van der Waals surface area (Å²) in [7, 11) is 0. The Balaban J connectivity index is 2.05. The minimum atomic E-state index is -0.128. The fourth-order valence-corrected chi connectivity index (χ4v) is 2.29. The van der Waals surface area contributed by atoms with E-state index in [1.807, 2.05) is 0 Å². The van der Waals surface area contributed by atoms with Crippen molar-refractivity contribution in [3.63, 3.8) is 0 Å². The van der Waals surface area contributed by atoms with Gasteiger partial charge in [-0.25, -0.2) is 0 Å². The van der Waals surface area contributed by atoms with Gasteiger partial charge in [0, 0.05) is 12.6 Å². The summed E-state index contributed by atoms with van der Waals surface area (Å²) in [5, 5.41) is 3.40. The van der Waals surface area contributed by atoms with E-state index in [9.17, 15) is 0 Å². The number of aromatic nitrogens is 3. The summed E-state index contributed by atoms with van der Waals surface area (Å²) in [6, 6.07) is 0.258. The molecule has 0 aliphatic carbocycles. The molecule has 1 aliphatic rings. The number of hydrogen-bond acceptors (Lipinski definition) is 5. The summed E-state index contributed by atoms with van der Waals surface area (Å²) in [5.74, 6) is 0.415. The molecule has 1 saturated heterocycles. The maximum absolute atomic E-state index is 5.71. The van der Waals surface area contributed by atoms with Crippen LogP contribution in [0.25, 0.3) is 0 Å². The van der Waals surface area contributed by atoms with Gasteiger partial charge in [0.1, 0.15) is 0 Å². The molecule has 1 unspecified atom stereocenters. The Morgan fingerprint density at radius 3 is 2.47 bits per heavy atom. The standard InChI is InChI=1S/C10H14Cl2N4O/c1-10(2)5-6(3-4-17-10)13-9-15-7(11)14-8(12)16-9/h6H,3-5H2,1-2H3,(H,13,14,15,16). The molecular weight excluding hydrogens is 263 g/mol. The van der Waals surface area contributed by atoms with Gasteiger partial charge >= 0.3 is 0 Å². The lowest BCUT2D eigenvalue weighted by Crippen LogP contribution is -2.40. The van der Waals surface area contributed by atoms with Gasteiger partial charge in [0.25, 0.3) is 0 Å². The first-order valence-electron chi connectivity index (χ1n) is 5.42. The second-order valence-corrected chi connectivity index (χ2v) is 5.32. The molecule has 0 aromatic carbocycles. The maximum Gasteiger partial charge on any atom is 0.228 e. The molecule has 0 radical (unpaired) electrons. The summed E-state index contributed by atoms with van der Waals surface area (Å²) >= 11 is 11.4. The maximum atomic E-state index is 5.71. The third-order valence-electron chi connectivity index (χ3n) is 2.61. The molecule has 1 aliphatic heterocycles. The third kappa shape index (κ3) is 3.66. The molecule has 7 heteroatoms. The highest BCUT2D eigenvalue weighted by molar-refractivity contribution is 6.31. The first kappa shape index (κ1) is 12.8. The van der Waals surface area contributed by atoms with Crippen LogP contribution in [0, 0.1) is 0 Å². The SMILES string of the molecule is CC1(C)CC(Nc2nc(Cl)nc(Cl)n2)CCO1. The van der Waals surface area contributed by atoms with Crippen LogP contribution >= 0.6 is 23.2 Å². The number of ether oxygens (including phenoxy) is 1. The zero-order valence-electron chi connectivity index (χ0n) is 9.70. The van der Waals surface area contributed by atoms with Gasteiger partial charge in [-0.3, -0.25) is 0 Å². The Morgan fingerprint density at radius 1 is 1.24 bits per heavy atom. The van der Waals surface area contributed by atoms with Gasteiger partial charge in [-0.05, 0) is 49.9 Å². The number of hydrogen-bond donors (Lipinski definition) is 1. The summed E-state index contributed by atoms with van der Waals surface area (Å²) in [4.78, 5) is 11.7. The summed E-state index contributed by atoms with van der Waals surface area (Å²) in [5.41, 5.74) is -0.128. The molecule has 1 aromatic rings. The summed E-state index contributed by atoms with van der Waals surface area (Å²) < 4.78 is 5.64. The minimum Gasteiger partial charge on any atom is -0.375 e. The predicted octanol–water partition coefficient (Wildman–Crippen LogP) is 2.55. The number of nitrogens with one attached hydrogen (secondary N) is 1. The average Bonchev–Trinajstić information content (AvgIpc) is 2.13. The number of halogens is 2. The molecule has 0 spiro atoms. The van der Waals surface area contributed by atoms with E-state index < -0.39 is 0 Å². The fourth-order valence-electron chi connectivity index (χ4n) is 1.93. The first-order valence-corrected chi connectivity index (χ1v) is 6.18. The lowest BCUT2D eigenvalue weighted by Gasteiger charge is -2.35. The van der Waals surface area contributed by atoms with Gasteiger partial charge in [0.15, 0.2) is 0 Å². The van der Waals surface area contributed by atoms with Crippen molar-refractivity contribution in [1.29, 1.82) is 0 Å². The van der Waals surface area contributed by atoms with Crippen LogP contribution in [0.3, 0.4) is 0 Å². The molecule has 0 saturated carbocycles. The molecule has 1 atom stereocenters. The molecule has 2 heterocycles. The Bertz CT molecular complexity index is 393. The van der Waals surface area contributed by atoms with Crippen molar-refractivity contribution >= 4 is 29.2 Å². The van der Waals surface area contributed by atoms with E-state index in [0.717, 1.165) is 19.4 Å². The van der Waals surface area contributed by atoms with Crippen molar-refractivity contribution in [2.45, 2.75) is 38.3 Å². The van der Waals surface area contributed by atoms with Crippen LogP contribution in [0.4, 0.5) is 5.95 Å². The summed E-state index contributed by atoms with van der Waals surface area (Å²) in [6.45, 7) is 4.85. The Kier molecular flexibility index (Phi) is 3.70. The van der Waals surface area contributed by atoms with Crippen molar-refractivity contribution in [1.82, 2.24) is 15.0 Å². The van der Waals surface area contributed by atoms with E-state index in [1.165, 1.54) is 0 Å². The van der Waals surface area contributed by atoms with Gasteiger partial charge in [-0.1, -0.05) is 0 Å². The molecular formula is C10H14Cl2N4O. The van der Waals surface area contributed by atoms with Gasteiger partial charge < -0.3 is 10.1 Å². The lowest BCUT2D eigenvalue weighted by molar-refractivity contribution is -0.0553. The van der Waals surface area contributed by atoms with Crippen LogP contribution < -0.4 is 5.32 Å². The Labute approximate surface area is 110 Å². The van der Waals surface area contributed by atoms with E-state index in [1.54, 1.807) is 0 Å². The van der Waals surface area contributed by atoms with E-state index in [-0.39, 0.29) is 22.2 Å². The highest BCUT2D eigenvalue weighted by Crippen LogP contribution is 2.25. The van der Waals surface area contributed by atoms with Gasteiger partial charge in [0.2, 0.25) is 16.5 Å². The predicted molar refractivity (Wildman–Crippen MR) is 66.5 cm³/mol. The molecule has 1 fully saturated rings. The van der Waals surface area contributed by atoms with Crippen molar-refractivity contribution in [3.8, 4) is 0 Å². The van der Waals surface area contributed by atoms with Crippen LogP contribution in [0.15, 0.2) is 0 Å². The molecule has 0 bridgehead atoms. The number of anilines is 1. The third-order valence-corrected chi connectivity index (χ3v) is 2.95. The second-order valence-electron chi connectivity index (χ2n) is 4.64. The highest BCUT2D eigenvalue weighted by atomic mass is 35.5. The van der Waals surface area contributed by atoms with Gasteiger partial charge in [0.05, 0.1) is 5.60 Å². The van der Waals surface area contributed by atoms with E-state index in [4.69, 9.17) is 27.9 Å². The van der Waals surface area contributed by atoms with E-state index in [2.05, 4.69) is 34.1 Å². The number of rotatable bonds is 2. The molecule has 1 aromatic heterocycles. The van der Waals surface area contributed by atoms with E-state index in [0.29, 0.717) is 5.95 Å². The normalized spacial score (nSPS) is 23.4. The molecule has 1 N–H and O–H groups in total. The van der Waals surface area contributed by atoms with Crippen LogP contribution in [0.2, 0.25) is 10.6 Å². The highest BCUT2D eigenvalue weighted by Gasteiger charge is 2.29. The number of nitrogens with zero attached hydrogens (tertiary/aromatic N) is 3. The molecule has 94 valence electrons. The average molecular weight is 277 g/mol. The molecule has 17 heavy (non-hydrogen) atoms. The summed E-state index contributed by atoms with van der Waals surface area (Å²) in [6.07, 6.45) is 1.79. The smallest absolute Gasteiger partial charge is 0.228 e. The van der Waals surface area contributed by atoms with Crippen molar-refractivity contribution in [3.05, 3.63) is 10.6 Å². The topological polar surface area (TPSA) is 59.9 Å². The van der Waals surface area contributed by atoms with Gasteiger partial charge in [-0.2, -0.15) is 15.0 Å². The van der Waals surface area contributed by atoms with Crippen molar-refractivity contribution < 1.29 is 4.74 Å². The zero-order valence-corrected chi connectivity index (χ0v) is 11.2. The lowest BCUT2D eigenvalue weighted by atomic mass is 9.94. The Hall–Kier alpha value is -0.650. The zero-order chi connectivity index (χ0) is 12.5. The largest absolute Gasteiger partial charge is 0.375 e. The van der Waals surface area contributed by atoms with Crippen LogP contribution in [0.1, 0.15) is 26.7 Å². The van der Waals surface area contributed by atoms with Crippen molar-refractivity contribution in [2.75, 3.05) is 11.9 Å². The first-order chi connectivity index (χ1) is 7.94. The van der Waals surface area contributed by atoms with Crippen molar-refractivity contribution in [2.24, 2.45) is 0 Å². The monoisotopic (exact) mass is 276 g/mol.